The maximum Gasteiger partial charge on any atom is 0.324 e. The van der Waals surface area contributed by atoms with Crippen molar-refractivity contribution < 1.29 is 19.1 Å². The second-order valence-electron chi connectivity index (χ2n) is 9.23. The van der Waals surface area contributed by atoms with E-state index in [1.807, 2.05) is 37.3 Å². The second kappa shape index (κ2) is 13.7. The highest BCUT2D eigenvalue weighted by molar-refractivity contribution is 5.99. The molecular formula is C30H31N7O4. The predicted molar refractivity (Wildman–Crippen MR) is 156 cm³/mol. The van der Waals surface area contributed by atoms with Crippen LogP contribution in [0.15, 0.2) is 66.9 Å². The lowest BCUT2D eigenvalue weighted by atomic mass is 10.2. The van der Waals surface area contributed by atoms with E-state index < -0.39 is 6.03 Å². The molecule has 0 unspecified atom stereocenters. The van der Waals surface area contributed by atoms with Crippen LogP contribution < -0.4 is 20.7 Å². The number of carbonyl (C=O) groups is 2. The zero-order valence-electron chi connectivity index (χ0n) is 23.1. The molecule has 0 bridgehead atoms. The van der Waals surface area contributed by atoms with Crippen LogP contribution in [-0.2, 0) is 16.0 Å². The van der Waals surface area contributed by atoms with Gasteiger partial charge in [-0.15, -0.1) is 0 Å². The van der Waals surface area contributed by atoms with Gasteiger partial charge in [-0.1, -0.05) is 31.0 Å². The largest absolute Gasteiger partial charge is 0.456 e. The maximum absolute atomic E-state index is 13.0. The molecule has 0 aliphatic carbocycles. The summed E-state index contributed by atoms with van der Waals surface area (Å²) in [7, 11) is 1.42. The first-order chi connectivity index (χ1) is 19.9. The number of aryl methyl sites for hydroxylation is 2. The number of amides is 3. The zero-order chi connectivity index (χ0) is 29.2. The van der Waals surface area contributed by atoms with Crippen LogP contribution in [0.25, 0.3) is 5.69 Å². The van der Waals surface area contributed by atoms with Crippen LogP contribution in [0.5, 0.6) is 11.5 Å². The van der Waals surface area contributed by atoms with Crippen molar-refractivity contribution in [2.75, 3.05) is 29.7 Å². The molecule has 0 radical (unpaired) electrons. The standard InChI is InChI=1S/C30H31N7O4/c1-4-5-6-23-16-28(37(36-23)24-10-7-20(2)8-11-24)35-30(39)33-22-9-12-26(21(15-22)18-31)41-25-13-14-32-27(17-25)34-29(38)19-40-3/h7-17H,4-6,19H2,1-3H3,(H,32,34,38)(H2,33,35,39). The average Bonchev–Trinajstić information content (AvgIpc) is 3.35. The summed E-state index contributed by atoms with van der Waals surface area (Å²) in [6, 6.07) is 19.2. The first kappa shape index (κ1) is 28.8. The molecule has 41 heavy (non-hydrogen) atoms. The lowest BCUT2D eigenvalue weighted by molar-refractivity contribution is -0.119. The minimum Gasteiger partial charge on any atom is -0.456 e. The first-order valence-corrected chi connectivity index (χ1v) is 13.1. The third-order valence-electron chi connectivity index (χ3n) is 5.93. The normalized spacial score (nSPS) is 10.5. The molecule has 11 heteroatoms. The average molecular weight is 554 g/mol. The number of rotatable bonds is 11. The van der Waals surface area contributed by atoms with Gasteiger partial charge >= 0.3 is 6.03 Å². The Bertz CT molecular complexity index is 1560. The number of nitrogens with zero attached hydrogens (tertiary/aromatic N) is 4. The van der Waals surface area contributed by atoms with Gasteiger partial charge in [0.1, 0.15) is 35.8 Å². The fourth-order valence-corrected chi connectivity index (χ4v) is 3.92. The number of nitriles is 1. The molecule has 0 atom stereocenters. The minimum atomic E-state index is -0.483. The quantitative estimate of drug-likeness (QED) is 0.213. The molecule has 0 aliphatic heterocycles. The summed E-state index contributed by atoms with van der Waals surface area (Å²) in [5.41, 5.74) is 3.45. The summed E-state index contributed by atoms with van der Waals surface area (Å²) < 4.78 is 12.4. The number of nitrogens with one attached hydrogen (secondary N) is 3. The van der Waals surface area contributed by atoms with Crippen molar-refractivity contribution in [1.82, 2.24) is 14.8 Å². The van der Waals surface area contributed by atoms with Crippen LogP contribution in [0.1, 0.15) is 36.6 Å². The molecular weight excluding hydrogens is 522 g/mol. The van der Waals surface area contributed by atoms with Crippen molar-refractivity contribution >= 4 is 29.3 Å². The molecule has 0 saturated heterocycles. The number of anilines is 3. The van der Waals surface area contributed by atoms with Crippen molar-refractivity contribution in [2.45, 2.75) is 33.1 Å². The van der Waals surface area contributed by atoms with Crippen LogP contribution in [0.3, 0.4) is 0 Å². The molecule has 4 aromatic rings. The lowest BCUT2D eigenvalue weighted by Crippen LogP contribution is -2.21. The SMILES string of the molecule is CCCCc1cc(NC(=O)Nc2ccc(Oc3ccnc(NC(=O)COC)c3)c(C#N)c2)n(-c2ccc(C)cc2)n1. The van der Waals surface area contributed by atoms with Crippen molar-refractivity contribution in [2.24, 2.45) is 0 Å². The summed E-state index contributed by atoms with van der Waals surface area (Å²) in [5.74, 6) is 1.09. The molecule has 2 aromatic heterocycles. The fourth-order valence-electron chi connectivity index (χ4n) is 3.92. The number of pyridine rings is 1. The first-order valence-electron chi connectivity index (χ1n) is 13.1. The van der Waals surface area contributed by atoms with E-state index in [2.05, 4.69) is 33.9 Å². The third kappa shape index (κ3) is 7.90. The molecule has 2 aromatic carbocycles. The van der Waals surface area contributed by atoms with Gasteiger partial charge < -0.3 is 20.1 Å². The molecule has 0 aliphatic rings. The van der Waals surface area contributed by atoms with Gasteiger partial charge in [-0.3, -0.25) is 10.1 Å². The highest BCUT2D eigenvalue weighted by Crippen LogP contribution is 2.29. The molecule has 3 N–H and O–H groups in total. The Morgan fingerprint density at radius 1 is 1.02 bits per heavy atom. The van der Waals surface area contributed by atoms with Crippen molar-refractivity contribution in [3.8, 4) is 23.3 Å². The summed E-state index contributed by atoms with van der Waals surface area (Å²) in [6.07, 6.45) is 4.30. The third-order valence-corrected chi connectivity index (χ3v) is 5.93. The molecule has 0 spiro atoms. The van der Waals surface area contributed by atoms with E-state index >= 15 is 0 Å². The van der Waals surface area contributed by atoms with E-state index in [-0.39, 0.29) is 29.6 Å². The maximum atomic E-state index is 13.0. The molecule has 0 saturated carbocycles. The summed E-state index contributed by atoms with van der Waals surface area (Å²) in [4.78, 5) is 28.8. The highest BCUT2D eigenvalue weighted by atomic mass is 16.5. The van der Waals surface area contributed by atoms with E-state index in [0.29, 0.717) is 17.3 Å². The monoisotopic (exact) mass is 553 g/mol. The van der Waals surface area contributed by atoms with Crippen LogP contribution in [-0.4, -0.2) is 40.4 Å². The Hall–Kier alpha value is -5.21. The van der Waals surface area contributed by atoms with Gasteiger partial charge in [0.15, 0.2) is 0 Å². The van der Waals surface area contributed by atoms with Gasteiger partial charge in [0.05, 0.1) is 16.9 Å². The number of aromatic nitrogens is 3. The van der Waals surface area contributed by atoms with Crippen molar-refractivity contribution in [1.29, 1.82) is 5.26 Å². The van der Waals surface area contributed by atoms with E-state index in [1.54, 1.807) is 22.9 Å². The Labute approximate surface area is 238 Å². The van der Waals surface area contributed by atoms with Gasteiger partial charge in [0, 0.05) is 31.1 Å². The molecule has 11 nitrogen and oxygen atoms in total. The van der Waals surface area contributed by atoms with Crippen LogP contribution in [0, 0.1) is 18.3 Å². The van der Waals surface area contributed by atoms with Crippen molar-refractivity contribution in [3.05, 3.63) is 83.7 Å². The van der Waals surface area contributed by atoms with Crippen LogP contribution in [0.4, 0.5) is 22.1 Å². The topological polar surface area (TPSA) is 143 Å². The minimum absolute atomic E-state index is 0.109. The van der Waals surface area contributed by atoms with Crippen LogP contribution >= 0.6 is 0 Å². The van der Waals surface area contributed by atoms with Gasteiger partial charge in [-0.25, -0.2) is 14.5 Å². The number of ether oxygens (including phenoxy) is 2. The van der Waals surface area contributed by atoms with Crippen molar-refractivity contribution in [3.63, 3.8) is 0 Å². The summed E-state index contributed by atoms with van der Waals surface area (Å²) >= 11 is 0. The van der Waals surface area contributed by atoms with Gasteiger partial charge in [-0.05, 0) is 56.2 Å². The highest BCUT2D eigenvalue weighted by Gasteiger charge is 2.14. The molecule has 0 fully saturated rings. The van der Waals surface area contributed by atoms with Gasteiger partial charge in [0.25, 0.3) is 5.91 Å². The fraction of sp³-hybridized carbons (Fsp3) is 0.233. The Morgan fingerprint density at radius 3 is 2.56 bits per heavy atom. The number of benzene rings is 2. The second-order valence-corrected chi connectivity index (χ2v) is 9.23. The van der Waals surface area contributed by atoms with E-state index in [4.69, 9.17) is 14.6 Å². The van der Waals surface area contributed by atoms with E-state index in [1.165, 1.54) is 25.4 Å². The molecule has 210 valence electrons. The Balaban J connectivity index is 1.47. The molecule has 4 rings (SSSR count). The molecule has 3 amide bonds. The van der Waals surface area contributed by atoms with Gasteiger partial charge in [-0.2, -0.15) is 10.4 Å². The number of carbonyl (C=O) groups excluding carboxylic acids is 2. The Kier molecular flexibility index (Phi) is 9.64. The van der Waals surface area contributed by atoms with Crippen LogP contribution in [0.2, 0.25) is 0 Å². The predicted octanol–water partition coefficient (Wildman–Crippen LogP) is 5.81. The number of methoxy groups -OCH3 is 1. The summed E-state index contributed by atoms with van der Waals surface area (Å²) in [6.45, 7) is 4.02. The number of hydrogen-bond donors (Lipinski definition) is 3. The number of hydrogen-bond acceptors (Lipinski definition) is 7. The lowest BCUT2D eigenvalue weighted by Gasteiger charge is -2.12. The van der Waals surface area contributed by atoms with E-state index in [0.717, 1.165) is 36.2 Å². The molecule has 2 heterocycles. The Morgan fingerprint density at radius 2 is 1.83 bits per heavy atom. The smallest absolute Gasteiger partial charge is 0.324 e. The number of urea groups is 1. The number of unbranched alkanes of at least 4 members (excludes halogenated alkanes) is 1. The van der Waals surface area contributed by atoms with Gasteiger partial charge in [0.2, 0.25) is 0 Å². The van der Waals surface area contributed by atoms with E-state index in [9.17, 15) is 14.9 Å². The summed E-state index contributed by atoms with van der Waals surface area (Å²) in [5, 5.41) is 22.7. The zero-order valence-corrected chi connectivity index (χ0v) is 23.1.